The predicted molar refractivity (Wildman–Crippen MR) is 96.9 cm³/mol. The number of aryl methyl sites for hydroxylation is 1. The number of nitro groups is 2. The lowest BCUT2D eigenvalue weighted by molar-refractivity contribution is -0.384. The second kappa shape index (κ2) is 7.03. The number of halogens is 2. The van der Waals surface area contributed by atoms with E-state index in [1.165, 1.54) is 12.1 Å². The minimum absolute atomic E-state index is 0.0974. The van der Waals surface area contributed by atoms with E-state index in [2.05, 4.69) is 0 Å². The largest absolute Gasteiger partial charge is 0.507 e. The zero-order valence-electron chi connectivity index (χ0n) is 14.3. The first-order chi connectivity index (χ1) is 13.2. The number of rotatable bonds is 4. The fraction of sp³-hybridized carbons (Fsp3) is 0.0526. The van der Waals surface area contributed by atoms with Gasteiger partial charge in [-0.2, -0.15) is 0 Å². The van der Waals surface area contributed by atoms with Crippen molar-refractivity contribution in [2.24, 2.45) is 0 Å². The van der Waals surface area contributed by atoms with Gasteiger partial charge in [0.05, 0.1) is 21.0 Å². The van der Waals surface area contributed by atoms with Crippen molar-refractivity contribution in [3.8, 4) is 28.0 Å². The van der Waals surface area contributed by atoms with Gasteiger partial charge in [-0.15, -0.1) is 0 Å². The van der Waals surface area contributed by atoms with Crippen molar-refractivity contribution in [2.45, 2.75) is 6.92 Å². The standard InChI is InChI=1S/C19H12F2N2O5/c1-10-6-15(13-8-11(20)2-4-17(13)22(25)26)19(24)16(7-10)14-9-12(21)3-5-18(14)23(27)28/h2-9,24H,1H3. The number of hydrogen-bond donors (Lipinski definition) is 1. The van der Waals surface area contributed by atoms with E-state index in [-0.39, 0.29) is 22.3 Å². The van der Waals surface area contributed by atoms with Crippen molar-refractivity contribution in [2.75, 3.05) is 0 Å². The van der Waals surface area contributed by atoms with Gasteiger partial charge in [-0.3, -0.25) is 20.2 Å². The van der Waals surface area contributed by atoms with E-state index in [9.17, 15) is 34.1 Å². The topological polar surface area (TPSA) is 107 Å². The van der Waals surface area contributed by atoms with Crippen LogP contribution in [-0.4, -0.2) is 15.0 Å². The molecule has 0 bridgehead atoms. The van der Waals surface area contributed by atoms with Crippen LogP contribution in [0.1, 0.15) is 5.56 Å². The number of nitrogens with zero attached hydrogens (tertiary/aromatic N) is 2. The lowest BCUT2D eigenvalue weighted by Crippen LogP contribution is -1.97. The minimum Gasteiger partial charge on any atom is -0.507 e. The Kier molecular flexibility index (Phi) is 4.74. The first kappa shape index (κ1) is 18.9. The summed E-state index contributed by atoms with van der Waals surface area (Å²) in [5.41, 5.74) is -1.04. The van der Waals surface area contributed by atoms with Gasteiger partial charge in [-0.1, -0.05) is 0 Å². The second-order valence-electron chi connectivity index (χ2n) is 6.05. The molecule has 9 heteroatoms. The minimum atomic E-state index is -0.764. The summed E-state index contributed by atoms with van der Waals surface area (Å²) in [6.45, 7) is 1.59. The maximum Gasteiger partial charge on any atom is 0.277 e. The Labute approximate surface area is 156 Å². The molecule has 3 rings (SSSR count). The molecule has 28 heavy (non-hydrogen) atoms. The summed E-state index contributed by atoms with van der Waals surface area (Å²) in [5.74, 6) is -2.09. The number of aromatic hydroxyl groups is 1. The van der Waals surface area contributed by atoms with Crippen LogP contribution in [0.3, 0.4) is 0 Å². The molecule has 0 aliphatic rings. The average molecular weight is 386 g/mol. The quantitative estimate of drug-likeness (QED) is 0.494. The van der Waals surface area contributed by atoms with Gasteiger partial charge in [-0.05, 0) is 48.9 Å². The molecule has 0 saturated carbocycles. The van der Waals surface area contributed by atoms with Gasteiger partial charge in [0.1, 0.15) is 17.4 Å². The number of phenols is 1. The molecule has 0 saturated heterocycles. The van der Waals surface area contributed by atoms with Crippen molar-refractivity contribution in [1.82, 2.24) is 0 Å². The van der Waals surface area contributed by atoms with Crippen LogP contribution in [0.25, 0.3) is 22.3 Å². The molecule has 0 atom stereocenters. The molecule has 0 aromatic heterocycles. The summed E-state index contributed by atoms with van der Waals surface area (Å²) in [6.07, 6.45) is 0. The molecular formula is C19H12F2N2O5. The molecule has 1 N–H and O–H groups in total. The molecular weight excluding hydrogens is 374 g/mol. The number of hydrogen-bond acceptors (Lipinski definition) is 5. The van der Waals surface area contributed by atoms with Crippen LogP contribution in [-0.2, 0) is 0 Å². The van der Waals surface area contributed by atoms with Crippen molar-refractivity contribution in [1.29, 1.82) is 0 Å². The van der Waals surface area contributed by atoms with Gasteiger partial charge in [0.2, 0.25) is 0 Å². The maximum atomic E-state index is 13.7. The van der Waals surface area contributed by atoms with Crippen LogP contribution in [0.5, 0.6) is 5.75 Å². The highest BCUT2D eigenvalue weighted by atomic mass is 19.1. The second-order valence-corrected chi connectivity index (χ2v) is 6.05. The molecule has 0 fully saturated rings. The molecule has 0 unspecified atom stereocenters. The third kappa shape index (κ3) is 3.37. The molecule has 0 aliphatic carbocycles. The molecule has 0 aliphatic heterocycles. The van der Waals surface area contributed by atoms with Gasteiger partial charge in [0, 0.05) is 23.3 Å². The summed E-state index contributed by atoms with van der Waals surface area (Å²) in [7, 11) is 0. The zero-order valence-corrected chi connectivity index (χ0v) is 14.3. The average Bonchev–Trinajstić information content (AvgIpc) is 2.62. The summed E-state index contributed by atoms with van der Waals surface area (Å²) < 4.78 is 27.5. The normalized spacial score (nSPS) is 10.7. The Bertz CT molecular complexity index is 1050. The molecule has 0 heterocycles. The summed E-state index contributed by atoms with van der Waals surface area (Å²) in [6, 6.07) is 8.26. The monoisotopic (exact) mass is 386 g/mol. The SMILES string of the molecule is Cc1cc(-c2cc(F)ccc2[N+](=O)[O-])c(O)c(-c2cc(F)ccc2[N+](=O)[O-])c1. The lowest BCUT2D eigenvalue weighted by atomic mass is 9.93. The highest BCUT2D eigenvalue weighted by molar-refractivity contribution is 5.88. The van der Waals surface area contributed by atoms with E-state index in [1.54, 1.807) is 6.92 Å². The fourth-order valence-electron chi connectivity index (χ4n) is 2.96. The first-order valence-electron chi connectivity index (χ1n) is 7.91. The molecule has 3 aromatic rings. The molecule has 3 aromatic carbocycles. The van der Waals surface area contributed by atoms with Gasteiger partial charge in [0.25, 0.3) is 11.4 Å². The third-order valence-electron chi connectivity index (χ3n) is 4.15. The van der Waals surface area contributed by atoms with Gasteiger partial charge in [0.15, 0.2) is 0 Å². The fourth-order valence-corrected chi connectivity index (χ4v) is 2.96. The Hall–Kier alpha value is -3.88. The molecule has 0 spiro atoms. The highest BCUT2D eigenvalue weighted by Crippen LogP contribution is 2.44. The van der Waals surface area contributed by atoms with E-state index in [4.69, 9.17) is 0 Å². The summed E-state index contributed by atoms with van der Waals surface area (Å²) >= 11 is 0. The summed E-state index contributed by atoms with van der Waals surface area (Å²) in [4.78, 5) is 21.1. The Morgan fingerprint density at radius 2 is 1.14 bits per heavy atom. The van der Waals surface area contributed by atoms with Crippen molar-refractivity contribution in [3.05, 3.63) is 86.0 Å². The van der Waals surface area contributed by atoms with Crippen molar-refractivity contribution in [3.63, 3.8) is 0 Å². The van der Waals surface area contributed by atoms with Crippen LogP contribution in [0.4, 0.5) is 20.2 Å². The zero-order chi connectivity index (χ0) is 20.6. The van der Waals surface area contributed by atoms with Gasteiger partial charge >= 0.3 is 0 Å². The highest BCUT2D eigenvalue weighted by Gasteiger charge is 2.24. The van der Waals surface area contributed by atoms with Crippen LogP contribution in [0, 0.1) is 38.8 Å². The van der Waals surface area contributed by atoms with Gasteiger partial charge < -0.3 is 5.11 Å². The smallest absolute Gasteiger partial charge is 0.277 e. The number of phenolic OH excluding ortho intramolecular Hbond substituents is 1. The molecule has 0 amide bonds. The molecule has 142 valence electrons. The van der Waals surface area contributed by atoms with Gasteiger partial charge in [-0.25, -0.2) is 8.78 Å². The number of nitro benzene ring substituents is 2. The van der Waals surface area contributed by atoms with Crippen LogP contribution in [0.2, 0.25) is 0 Å². The predicted octanol–water partition coefficient (Wildman–Crippen LogP) is 5.13. The van der Waals surface area contributed by atoms with Crippen LogP contribution >= 0.6 is 0 Å². The Balaban J connectivity index is 2.36. The van der Waals surface area contributed by atoms with Crippen LogP contribution in [0.15, 0.2) is 48.5 Å². The van der Waals surface area contributed by atoms with Crippen LogP contribution < -0.4 is 0 Å². The van der Waals surface area contributed by atoms with Crippen molar-refractivity contribution < 1.29 is 23.7 Å². The van der Waals surface area contributed by atoms with Crippen molar-refractivity contribution >= 4 is 11.4 Å². The maximum absolute atomic E-state index is 13.7. The van der Waals surface area contributed by atoms with E-state index >= 15 is 0 Å². The molecule has 7 nitrogen and oxygen atoms in total. The van der Waals surface area contributed by atoms with E-state index in [1.807, 2.05) is 0 Å². The Morgan fingerprint density at radius 1 is 0.750 bits per heavy atom. The van der Waals surface area contributed by atoms with E-state index in [0.717, 1.165) is 36.4 Å². The number of benzene rings is 3. The first-order valence-corrected chi connectivity index (χ1v) is 7.91. The third-order valence-corrected chi connectivity index (χ3v) is 4.15. The lowest BCUT2D eigenvalue weighted by Gasteiger charge is -2.13. The summed E-state index contributed by atoms with van der Waals surface area (Å²) in [5, 5.41) is 33.3. The Morgan fingerprint density at radius 3 is 1.50 bits per heavy atom. The van der Waals surface area contributed by atoms with E-state index in [0.29, 0.717) is 5.56 Å². The van der Waals surface area contributed by atoms with E-state index < -0.39 is 38.6 Å². The molecule has 0 radical (unpaired) electrons.